The summed E-state index contributed by atoms with van der Waals surface area (Å²) < 4.78 is 10.8. The molecule has 2 aromatic rings. The Morgan fingerprint density at radius 2 is 2.08 bits per heavy atom. The number of rotatable bonds is 5. The number of allylic oxidation sites excluding steroid dienone is 1. The number of alkyl carbamates (subject to hydrolysis) is 1. The third kappa shape index (κ3) is 5.11. The van der Waals surface area contributed by atoms with E-state index in [0.29, 0.717) is 24.0 Å². The standard InChI is InChI=1S/C30H33N3O4/c1-3-36-30(35)33-23-11-12-25-21(14-23)15-27-28(18(2)37-29(27)34)26(25)13-10-22-9-8-20(17-32-22)24-7-5-4-6-19(24)16-31/h4-10,13,17-18,21,23,25-28H,3,11-12,14-15H2,1-2H3,(H,33,35)/b13-10+/t18-,21+,23-,25?,26+,27-,28+/m1/s1. The summed E-state index contributed by atoms with van der Waals surface area (Å²) in [7, 11) is 0. The van der Waals surface area contributed by atoms with Crippen molar-refractivity contribution >= 4 is 18.1 Å². The van der Waals surface area contributed by atoms with E-state index in [9.17, 15) is 14.9 Å². The molecule has 0 bridgehead atoms. The van der Waals surface area contributed by atoms with Crippen LogP contribution in [0.4, 0.5) is 4.79 Å². The van der Waals surface area contributed by atoms with Crippen molar-refractivity contribution in [3.8, 4) is 17.2 Å². The second-order valence-electron chi connectivity index (χ2n) is 10.4. The highest BCUT2D eigenvalue weighted by Gasteiger charge is 2.54. The van der Waals surface area contributed by atoms with E-state index in [-0.39, 0.29) is 42.0 Å². The molecule has 1 unspecified atom stereocenters. The first-order valence-corrected chi connectivity index (χ1v) is 13.3. The van der Waals surface area contributed by atoms with Crippen LogP contribution in [0.15, 0.2) is 48.7 Å². The summed E-state index contributed by atoms with van der Waals surface area (Å²) in [6.45, 7) is 4.16. The van der Waals surface area contributed by atoms with Crippen molar-refractivity contribution in [2.24, 2.45) is 29.6 Å². The number of nitrogens with one attached hydrogen (secondary N) is 1. The number of fused-ring (bicyclic) bond motifs is 2. The van der Waals surface area contributed by atoms with Crippen LogP contribution in [0.1, 0.15) is 50.8 Å². The van der Waals surface area contributed by atoms with Gasteiger partial charge in [0.05, 0.1) is 29.9 Å². The van der Waals surface area contributed by atoms with E-state index in [1.165, 1.54) is 0 Å². The molecule has 1 amide bonds. The summed E-state index contributed by atoms with van der Waals surface area (Å²) in [6, 6.07) is 13.8. The maximum atomic E-state index is 12.7. The molecule has 1 saturated heterocycles. The first kappa shape index (κ1) is 25.0. The van der Waals surface area contributed by atoms with Crippen LogP contribution >= 0.6 is 0 Å². The monoisotopic (exact) mass is 499 g/mol. The molecule has 1 aromatic heterocycles. The molecule has 2 saturated carbocycles. The quantitative estimate of drug-likeness (QED) is 0.556. The molecule has 1 N–H and O–H groups in total. The zero-order valence-electron chi connectivity index (χ0n) is 21.3. The molecular weight excluding hydrogens is 466 g/mol. The Morgan fingerprint density at radius 1 is 1.24 bits per heavy atom. The molecule has 3 aliphatic rings. The highest BCUT2D eigenvalue weighted by Crippen LogP contribution is 2.53. The van der Waals surface area contributed by atoms with Crippen LogP contribution in [0.2, 0.25) is 0 Å². The van der Waals surface area contributed by atoms with Crippen LogP contribution in [0.3, 0.4) is 0 Å². The first-order valence-electron chi connectivity index (χ1n) is 13.3. The summed E-state index contributed by atoms with van der Waals surface area (Å²) in [5.74, 6) is 0.929. The number of nitrogens with zero attached hydrogens (tertiary/aromatic N) is 2. The number of hydrogen-bond acceptors (Lipinski definition) is 6. The summed E-state index contributed by atoms with van der Waals surface area (Å²) in [4.78, 5) is 29.3. The van der Waals surface area contributed by atoms with Gasteiger partial charge in [0.1, 0.15) is 6.10 Å². The van der Waals surface area contributed by atoms with Gasteiger partial charge in [-0.3, -0.25) is 9.78 Å². The van der Waals surface area contributed by atoms with Gasteiger partial charge in [-0.25, -0.2) is 4.79 Å². The lowest BCUT2D eigenvalue weighted by Crippen LogP contribution is -2.48. The van der Waals surface area contributed by atoms with E-state index in [0.717, 1.165) is 42.5 Å². The molecule has 5 rings (SSSR count). The predicted molar refractivity (Wildman–Crippen MR) is 139 cm³/mol. The van der Waals surface area contributed by atoms with Gasteiger partial charge >= 0.3 is 12.1 Å². The van der Waals surface area contributed by atoms with Gasteiger partial charge in [0.25, 0.3) is 0 Å². The second-order valence-corrected chi connectivity index (χ2v) is 10.4. The third-order valence-electron chi connectivity index (χ3n) is 8.38. The van der Waals surface area contributed by atoms with Crippen molar-refractivity contribution in [2.75, 3.05) is 6.61 Å². The van der Waals surface area contributed by atoms with E-state index in [4.69, 9.17) is 9.47 Å². The lowest BCUT2D eigenvalue weighted by Gasteiger charge is -2.47. The van der Waals surface area contributed by atoms with Crippen LogP contribution in [0, 0.1) is 40.9 Å². The fourth-order valence-corrected chi connectivity index (χ4v) is 6.79. The predicted octanol–water partition coefficient (Wildman–Crippen LogP) is 5.36. The number of ether oxygens (including phenoxy) is 2. The van der Waals surface area contributed by atoms with Crippen molar-refractivity contribution in [2.45, 2.75) is 51.7 Å². The lowest BCUT2D eigenvalue weighted by molar-refractivity contribution is -0.144. The van der Waals surface area contributed by atoms with E-state index in [2.05, 4.69) is 28.5 Å². The summed E-state index contributed by atoms with van der Waals surface area (Å²) in [6.07, 6.45) is 9.17. The molecule has 37 heavy (non-hydrogen) atoms. The van der Waals surface area contributed by atoms with Gasteiger partial charge in [-0.05, 0) is 75.5 Å². The molecule has 192 valence electrons. The van der Waals surface area contributed by atoms with Crippen molar-refractivity contribution in [3.05, 3.63) is 59.9 Å². The zero-order valence-corrected chi connectivity index (χ0v) is 21.3. The smallest absolute Gasteiger partial charge is 0.407 e. The number of hydrogen-bond donors (Lipinski definition) is 1. The number of pyridine rings is 1. The lowest BCUT2D eigenvalue weighted by atomic mass is 9.57. The molecule has 1 aliphatic heterocycles. The van der Waals surface area contributed by atoms with Crippen molar-refractivity contribution in [1.29, 1.82) is 5.26 Å². The summed E-state index contributed by atoms with van der Waals surface area (Å²) >= 11 is 0. The SMILES string of the molecule is CCOC(=O)N[C@@H]1CCC2[C@@H](C1)C[C@H]1C(=O)O[C@H](C)[C@H]1[C@H]2/C=C/c1ccc(-c2ccccc2C#N)cn1. The molecule has 7 nitrogen and oxygen atoms in total. The Balaban J connectivity index is 1.35. The minimum atomic E-state index is -0.364. The number of aromatic nitrogens is 1. The van der Waals surface area contributed by atoms with Gasteiger partial charge in [0.15, 0.2) is 0 Å². The van der Waals surface area contributed by atoms with E-state index in [1.54, 1.807) is 13.1 Å². The van der Waals surface area contributed by atoms with Gasteiger partial charge in [0, 0.05) is 29.3 Å². The van der Waals surface area contributed by atoms with E-state index < -0.39 is 0 Å². The molecule has 0 radical (unpaired) electrons. The highest BCUT2D eigenvalue weighted by molar-refractivity contribution is 5.76. The molecule has 0 spiro atoms. The molecule has 2 aliphatic carbocycles. The average molecular weight is 500 g/mol. The van der Waals surface area contributed by atoms with Crippen LogP contribution in [0.5, 0.6) is 0 Å². The third-order valence-corrected chi connectivity index (χ3v) is 8.38. The molecule has 7 atom stereocenters. The highest BCUT2D eigenvalue weighted by atomic mass is 16.6. The minimum absolute atomic E-state index is 0.0711. The maximum absolute atomic E-state index is 12.7. The molecule has 2 heterocycles. The second kappa shape index (κ2) is 10.8. The minimum Gasteiger partial charge on any atom is -0.462 e. The van der Waals surface area contributed by atoms with E-state index in [1.807, 2.05) is 43.3 Å². The van der Waals surface area contributed by atoms with Crippen LogP contribution in [-0.4, -0.2) is 35.8 Å². The number of amides is 1. The van der Waals surface area contributed by atoms with Gasteiger partial charge in [-0.1, -0.05) is 30.3 Å². The van der Waals surface area contributed by atoms with Gasteiger partial charge < -0.3 is 14.8 Å². The Morgan fingerprint density at radius 3 is 2.84 bits per heavy atom. The Kier molecular flexibility index (Phi) is 7.27. The summed E-state index contributed by atoms with van der Waals surface area (Å²) in [5.41, 5.74) is 3.24. The Hall–Kier alpha value is -3.66. The first-order chi connectivity index (χ1) is 18.0. The number of benzene rings is 1. The molecule has 3 fully saturated rings. The molecule has 7 heteroatoms. The van der Waals surface area contributed by atoms with Crippen molar-refractivity contribution < 1.29 is 19.1 Å². The largest absolute Gasteiger partial charge is 0.462 e. The molecule has 1 aromatic carbocycles. The number of carbonyl (C=O) groups excluding carboxylic acids is 2. The Bertz CT molecular complexity index is 1220. The van der Waals surface area contributed by atoms with Gasteiger partial charge in [-0.2, -0.15) is 5.26 Å². The van der Waals surface area contributed by atoms with Crippen LogP contribution in [-0.2, 0) is 14.3 Å². The van der Waals surface area contributed by atoms with Gasteiger partial charge in [-0.15, -0.1) is 0 Å². The number of cyclic esters (lactones) is 1. The Labute approximate surface area is 217 Å². The number of carbonyl (C=O) groups is 2. The average Bonchev–Trinajstić information content (AvgIpc) is 3.19. The maximum Gasteiger partial charge on any atom is 0.407 e. The van der Waals surface area contributed by atoms with Crippen LogP contribution in [0.25, 0.3) is 17.2 Å². The number of esters is 1. The van der Waals surface area contributed by atoms with Crippen LogP contribution < -0.4 is 5.32 Å². The summed E-state index contributed by atoms with van der Waals surface area (Å²) in [5, 5.41) is 12.4. The zero-order chi connectivity index (χ0) is 25.9. The van der Waals surface area contributed by atoms with Crippen molar-refractivity contribution in [3.63, 3.8) is 0 Å². The molecular formula is C30H33N3O4. The normalized spacial score (nSPS) is 30.6. The topological polar surface area (TPSA) is 101 Å². The van der Waals surface area contributed by atoms with E-state index >= 15 is 0 Å². The fourth-order valence-electron chi connectivity index (χ4n) is 6.79. The fraction of sp³-hybridized carbons (Fsp3) is 0.467. The van der Waals surface area contributed by atoms with Gasteiger partial charge in [0.2, 0.25) is 0 Å². The number of nitriles is 1. The van der Waals surface area contributed by atoms with Crippen molar-refractivity contribution in [1.82, 2.24) is 10.3 Å².